The number of carbonyl (C=O) groups excluding carboxylic acids is 1. The zero-order valence-corrected chi connectivity index (χ0v) is 11.5. The van der Waals surface area contributed by atoms with Crippen molar-refractivity contribution >= 4 is 12.0 Å². The van der Waals surface area contributed by atoms with E-state index in [2.05, 4.69) is 17.6 Å². The van der Waals surface area contributed by atoms with Gasteiger partial charge in [-0.3, -0.25) is 4.79 Å². The smallest absolute Gasteiger partial charge is 0.315 e. The van der Waals surface area contributed by atoms with Crippen LogP contribution in [0.4, 0.5) is 4.79 Å². The highest BCUT2D eigenvalue weighted by Gasteiger charge is 2.37. The number of aliphatic carboxylic acids is 1. The lowest BCUT2D eigenvalue weighted by atomic mass is 9.95. The van der Waals surface area contributed by atoms with Gasteiger partial charge in [0.1, 0.15) is 0 Å². The third kappa shape index (κ3) is 3.85. The summed E-state index contributed by atoms with van der Waals surface area (Å²) in [5.74, 6) is -0.616. The van der Waals surface area contributed by atoms with E-state index in [9.17, 15) is 14.7 Å². The number of urea groups is 1. The van der Waals surface area contributed by atoms with Crippen molar-refractivity contribution in [1.29, 1.82) is 0 Å². The van der Waals surface area contributed by atoms with E-state index in [0.717, 1.165) is 38.5 Å². The van der Waals surface area contributed by atoms with Gasteiger partial charge < -0.3 is 15.7 Å². The van der Waals surface area contributed by atoms with Gasteiger partial charge in [0.05, 0.1) is 5.92 Å². The van der Waals surface area contributed by atoms with Crippen LogP contribution in [0.15, 0.2) is 0 Å². The number of rotatable bonds is 4. The van der Waals surface area contributed by atoms with Crippen molar-refractivity contribution < 1.29 is 14.7 Å². The Morgan fingerprint density at radius 1 is 1.11 bits per heavy atom. The molecular weight excluding hydrogens is 244 g/mol. The first-order chi connectivity index (χ1) is 9.11. The van der Waals surface area contributed by atoms with Crippen LogP contribution in [0.2, 0.25) is 0 Å². The maximum absolute atomic E-state index is 11.9. The Morgan fingerprint density at radius 2 is 1.79 bits per heavy atom. The molecule has 0 bridgehead atoms. The molecule has 2 rings (SSSR count). The van der Waals surface area contributed by atoms with E-state index in [1.54, 1.807) is 0 Å². The van der Waals surface area contributed by atoms with Gasteiger partial charge in [0.25, 0.3) is 0 Å². The summed E-state index contributed by atoms with van der Waals surface area (Å²) in [5.41, 5.74) is 0. The lowest BCUT2D eigenvalue weighted by Gasteiger charge is -2.23. The van der Waals surface area contributed by atoms with E-state index in [-0.39, 0.29) is 12.1 Å². The van der Waals surface area contributed by atoms with Crippen LogP contribution < -0.4 is 10.6 Å². The van der Waals surface area contributed by atoms with Gasteiger partial charge in [-0.05, 0) is 25.2 Å². The highest BCUT2D eigenvalue weighted by atomic mass is 16.4. The second-order valence-corrected chi connectivity index (χ2v) is 5.82. The zero-order valence-electron chi connectivity index (χ0n) is 11.5. The lowest BCUT2D eigenvalue weighted by Crippen LogP contribution is -2.48. The van der Waals surface area contributed by atoms with Gasteiger partial charge in [-0.15, -0.1) is 0 Å². The van der Waals surface area contributed by atoms with Gasteiger partial charge in [0, 0.05) is 12.1 Å². The minimum Gasteiger partial charge on any atom is -0.481 e. The molecule has 2 aliphatic rings. The van der Waals surface area contributed by atoms with Crippen LogP contribution in [-0.2, 0) is 4.79 Å². The van der Waals surface area contributed by atoms with Crippen LogP contribution >= 0.6 is 0 Å². The van der Waals surface area contributed by atoms with Crippen LogP contribution in [0.25, 0.3) is 0 Å². The summed E-state index contributed by atoms with van der Waals surface area (Å²) in [7, 11) is 0. The molecule has 19 heavy (non-hydrogen) atoms. The molecule has 2 saturated carbocycles. The highest BCUT2D eigenvalue weighted by molar-refractivity contribution is 5.77. The Bertz CT molecular complexity index is 346. The van der Waals surface area contributed by atoms with E-state index >= 15 is 0 Å². The van der Waals surface area contributed by atoms with Crippen molar-refractivity contribution in [2.45, 2.75) is 64.0 Å². The Morgan fingerprint density at radius 3 is 2.42 bits per heavy atom. The maximum atomic E-state index is 11.9. The van der Waals surface area contributed by atoms with Crippen LogP contribution in [0.3, 0.4) is 0 Å². The number of nitrogens with one attached hydrogen (secondary N) is 2. The normalized spacial score (nSPS) is 34.2. The molecule has 5 heteroatoms. The molecule has 0 heterocycles. The molecule has 2 fully saturated rings. The van der Waals surface area contributed by atoms with E-state index in [1.807, 2.05) is 0 Å². The van der Waals surface area contributed by atoms with Crippen molar-refractivity contribution in [3.8, 4) is 0 Å². The van der Waals surface area contributed by atoms with Crippen molar-refractivity contribution in [3.63, 3.8) is 0 Å². The van der Waals surface area contributed by atoms with Gasteiger partial charge in [-0.1, -0.05) is 32.6 Å². The molecule has 0 aromatic rings. The van der Waals surface area contributed by atoms with Gasteiger partial charge in [-0.2, -0.15) is 0 Å². The van der Waals surface area contributed by atoms with E-state index < -0.39 is 11.9 Å². The fraction of sp³-hybridized carbons (Fsp3) is 0.857. The van der Waals surface area contributed by atoms with Crippen molar-refractivity contribution in [1.82, 2.24) is 10.6 Å². The lowest BCUT2D eigenvalue weighted by molar-refractivity contribution is -0.142. The van der Waals surface area contributed by atoms with Crippen LogP contribution in [0.1, 0.15) is 51.9 Å². The van der Waals surface area contributed by atoms with E-state index in [4.69, 9.17) is 0 Å². The first kappa shape index (κ1) is 14.2. The van der Waals surface area contributed by atoms with Crippen molar-refractivity contribution in [3.05, 3.63) is 0 Å². The third-order valence-electron chi connectivity index (χ3n) is 4.41. The Hall–Kier alpha value is -1.26. The van der Waals surface area contributed by atoms with Gasteiger partial charge >= 0.3 is 12.0 Å². The largest absolute Gasteiger partial charge is 0.481 e. The van der Waals surface area contributed by atoms with Gasteiger partial charge in [-0.25, -0.2) is 4.79 Å². The average molecular weight is 268 g/mol. The van der Waals surface area contributed by atoms with Crippen molar-refractivity contribution in [2.24, 2.45) is 11.8 Å². The second kappa shape index (κ2) is 6.26. The summed E-state index contributed by atoms with van der Waals surface area (Å²) in [6.07, 6.45) is 6.58. The predicted molar refractivity (Wildman–Crippen MR) is 71.9 cm³/mol. The summed E-state index contributed by atoms with van der Waals surface area (Å²) in [6.45, 7) is 2.12. The summed E-state index contributed by atoms with van der Waals surface area (Å²) >= 11 is 0. The first-order valence-electron chi connectivity index (χ1n) is 7.41. The standard InChI is InChI=1S/C14H24N2O3/c1-2-9-8-12(9)16-14(19)15-11-7-5-3-4-6-10(11)13(17)18/h9-12H,2-8H2,1H3,(H,17,18)(H2,15,16,19). The molecule has 4 atom stereocenters. The summed E-state index contributed by atoms with van der Waals surface area (Å²) in [5, 5.41) is 15.1. The van der Waals surface area contributed by atoms with Crippen LogP contribution in [0, 0.1) is 11.8 Å². The quantitative estimate of drug-likeness (QED) is 0.683. The average Bonchev–Trinajstić information content (AvgIpc) is 3.12. The Kier molecular flexibility index (Phi) is 4.66. The molecule has 4 unspecified atom stereocenters. The van der Waals surface area contributed by atoms with Gasteiger partial charge in [0.2, 0.25) is 0 Å². The molecule has 2 aliphatic carbocycles. The molecule has 108 valence electrons. The van der Waals surface area contributed by atoms with Gasteiger partial charge in [0.15, 0.2) is 0 Å². The monoisotopic (exact) mass is 268 g/mol. The highest BCUT2D eigenvalue weighted by Crippen LogP contribution is 2.33. The topological polar surface area (TPSA) is 78.4 Å². The SMILES string of the molecule is CCC1CC1NC(=O)NC1CCCCCC1C(=O)O. The Balaban J connectivity index is 1.84. The minimum atomic E-state index is -0.787. The molecule has 5 nitrogen and oxygen atoms in total. The number of carboxylic acids is 1. The maximum Gasteiger partial charge on any atom is 0.315 e. The molecule has 3 N–H and O–H groups in total. The second-order valence-electron chi connectivity index (χ2n) is 5.82. The number of hydrogen-bond acceptors (Lipinski definition) is 2. The molecule has 0 aromatic heterocycles. The predicted octanol–water partition coefficient (Wildman–Crippen LogP) is 2.12. The Labute approximate surface area is 114 Å². The fourth-order valence-electron chi connectivity index (χ4n) is 3.03. The van der Waals surface area contributed by atoms with Crippen LogP contribution in [0.5, 0.6) is 0 Å². The molecule has 0 radical (unpaired) electrons. The number of carboxylic acid groups (broad SMARTS) is 1. The summed E-state index contributed by atoms with van der Waals surface area (Å²) in [4.78, 5) is 23.1. The minimum absolute atomic E-state index is 0.195. The van der Waals surface area contributed by atoms with E-state index in [0.29, 0.717) is 18.4 Å². The van der Waals surface area contributed by atoms with Crippen LogP contribution in [-0.4, -0.2) is 29.2 Å². The van der Waals surface area contributed by atoms with E-state index in [1.165, 1.54) is 0 Å². The van der Waals surface area contributed by atoms with Crippen molar-refractivity contribution in [2.75, 3.05) is 0 Å². The molecule has 0 saturated heterocycles. The third-order valence-corrected chi connectivity index (χ3v) is 4.41. The molecule has 0 aromatic carbocycles. The first-order valence-corrected chi connectivity index (χ1v) is 7.41. The molecular formula is C14H24N2O3. The molecule has 2 amide bonds. The number of carbonyl (C=O) groups is 2. The zero-order chi connectivity index (χ0) is 13.8. The fourth-order valence-corrected chi connectivity index (χ4v) is 3.03. The summed E-state index contributed by atoms with van der Waals surface area (Å²) < 4.78 is 0. The molecule has 0 aliphatic heterocycles. The summed E-state index contributed by atoms with van der Waals surface area (Å²) in [6, 6.07) is -0.128. The number of hydrogen-bond donors (Lipinski definition) is 3. The number of amides is 2. The molecule has 0 spiro atoms.